The number of thioether (sulfide) groups is 1. The molecule has 0 aromatic heterocycles. The van der Waals surface area contributed by atoms with Gasteiger partial charge in [0.25, 0.3) is 0 Å². The Morgan fingerprint density at radius 3 is 2.59 bits per heavy atom. The maximum atomic E-state index is 12.1. The predicted octanol–water partition coefficient (Wildman–Crippen LogP) is 2.25. The Hall–Kier alpha value is -0.220. The molecule has 1 atom stereocenters. The average molecular weight is 258 g/mol. The first-order chi connectivity index (χ1) is 7.98. The highest BCUT2D eigenvalue weighted by Crippen LogP contribution is 2.30. The second-order valence-electron chi connectivity index (χ2n) is 5.38. The number of hydrogen-bond donors (Lipinski definition) is 1. The van der Waals surface area contributed by atoms with E-state index in [1.54, 1.807) is 0 Å². The fourth-order valence-electron chi connectivity index (χ4n) is 2.41. The number of amides is 1. The van der Waals surface area contributed by atoms with Gasteiger partial charge in [-0.3, -0.25) is 4.79 Å². The van der Waals surface area contributed by atoms with Crippen molar-refractivity contribution >= 4 is 17.7 Å². The number of nitrogens with two attached hydrogens (primary N) is 1. The van der Waals surface area contributed by atoms with Gasteiger partial charge in [-0.05, 0) is 38.2 Å². The van der Waals surface area contributed by atoms with Crippen LogP contribution in [0, 0.1) is 0 Å². The monoisotopic (exact) mass is 258 g/mol. The first-order valence-corrected chi connectivity index (χ1v) is 7.91. The highest BCUT2D eigenvalue weighted by Gasteiger charge is 2.33. The number of carbonyl (C=O) groups excluding carboxylic acids is 1. The Balaban J connectivity index is 2.40. The van der Waals surface area contributed by atoms with Crippen molar-refractivity contribution in [1.82, 2.24) is 4.90 Å². The van der Waals surface area contributed by atoms with Gasteiger partial charge in [-0.2, -0.15) is 11.8 Å². The van der Waals surface area contributed by atoms with Crippen LogP contribution in [0.3, 0.4) is 0 Å². The lowest BCUT2D eigenvalue weighted by molar-refractivity contribution is -0.132. The summed E-state index contributed by atoms with van der Waals surface area (Å²) in [5, 5.41) is 0. The summed E-state index contributed by atoms with van der Waals surface area (Å²) in [5.74, 6) is 1.31. The second-order valence-corrected chi connectivity index (χ2v) is 6.37. The quantitative estimate of drug-likeness (QED) is 0.795. The standard InChI is InChI=1S/C13H26N2OS/c1-11(6-9-17-3)15(2)12(16)10-13(14)7-4-5-8-13/h11H,4-10,14H2,1-3H3. The van der Waals surface area contributed by atoms with E-state index in [-0.39, 0.29) is 11.4 Å². The van der Waals surface area contributed by atoms with Crippen LogP contribution in [0.1, 0.15) is 45.4 Å². The van der Waals surface area contributed by atoms with Crippen LogP contribution in [0.5, 0.6) is 0 Å². The largest absolute Gasteiger partial charge is 0.343 e. The summed E-state index contributed by atoms with van der Waals surface area (Å²) in [4.78, 5) is 14.0. The SMILES string of the molecule is CSCCC(C)N(C)C(=O)CC1(N)CCCC1. The van der Waals surface area contributed by atoms with Gasteiger partial charge in [0, 0.05) is 25.0 Å². The van der Waals surface area contributed by atoms with Crippen LogP contribution in [0.25, 0.3) is 0 Å². The molecule has 0 saturated heterocycles. The molecule has 1 aliphatic rings. The topological polar surface area (TPSA) is 46.3 Å². The molecule has 1 rings (SSSR count). The van der Waals surface area contributed by atoms with E-state index in [2.05, 4.69) is 13.2 Å². The fourth-order valence-corrected chi connectivity index (χ4v) is 2.99. The predicted molar refractivity (Wildman–Crippen MR) is 75.2 cm³/mol. The van der Waals surface area contributed by atoms with Crippen LogP contribution < -0.4 is 5.73 Å². The Morgan fingerprint density at radius 1 is 1.47 bits per heavy atom. The summed E-state index contributed by atoms with van der Waals surface area (Å²) in [6.07, 6.45) is 8.04. The van der Waals surface area contributed by atoms with E-state index in [1.807, 2.05) is 23.7 Å². The maximum absolute atomic E-state index is 12.1. The van der Waals surface area contributed by atoms with Crippen LogP contribution in [0.2, 0.25) is 0 Å². The van der Waals surface area contributed by atoms with Gasteiger partial charge in [0.05, 0.1) is 0 Å². The third-order valence-corrected chi connectivity index (χ3v) is 4.54. The Kier molecular flexibility index (Phi) is 5.80. The van der Waals surface area contributed by atoms with Crippen molar-refractivity contribution in [3.05, 3.63) is 0 Å². The van der Waals surface area contributed by atoms with Gasteiger partial charge < -0.3 is 10.6 Å². The van der Waals surface area contributed by atoms with Gasteiger partial charge in [0.1, 0.15) is 0 Å². The minimum absolute atomic E-state index is 0.211. The van der Waals surface area contributed by atoms with E-state index >= 15 is 0 Å². The first-order valence-electron chi connectivity index (χ1n) is 6.52. The molecule has 0 aromatic carbocycles. The molecule has 0 aromatic rings. The highest BCUT2D eigenvalue weighted by atomic mass is 32.2. The Labute approximate surface area is 109 Å². The molecule has 1 saturated carbocycles. The summed E-state index contributed by atoms with van der Waals surface area (Å²) in [7, 11) is 1.91. The van der Waals surface area contributed by atoms with Gasteiger partial charge in [-0.1, -0.05) is 12.8 Å². The molecule has 1 aliphatic carbocycles. The average Bonchev–Trinajstić information content (AvgIpc) is 2.71. The van der Waals surface area contributed by atoms with Crippen molar-refractivity contribution in [2.45, 2.75) is 57.0 Å². The molecule has 0 spiro atoms. The van der Waals surface area contributed by atoms with Crippen LogP contribution >= 0.6 is 11.8 Å². The Morgan fingerprint density at radius 2 is 2.06 bits per heavy atom. The zero-order valence-corrected chi connectivity index (χ0v) is 12.2. The Bertz CT molecular complexity index is 252. The molecule has 0 heterocycles. The first kappa shape index (κ1) is 14.8. The maximum Gasteiger partial charge on any atom is 0.224 e. The molecular formula is C13H26N2OS. The molecule has 100 valence electrons. The molecular weight excluding hydrogens is 232 g/mol. The van der Waals surface area contributed by atoms with Crippen LogP contribution in [0.4, 0.5) is 0 Å². The highest BCUT2D eigenvalue weighted by molar-refractivity contribution is 7.98. The number of hydrogen-bond acceptors (Lipinski definition) is 3. The molecule has 1 unspecified atom stereocenters. The molecule has 0 aliphatic heterocycles. The van der Waals surface area contributed by atoms with Gasteiger partial charge >= 0.3 is 0 Å². The number of rotatable bonds is 6. The molecule has 0 bridgehead atoms. The van der Waals surface area contributed by atoms with E-state index in [0.29, 0.717) is 12.5 Å². The summed E-state index contributed by atoms with van der Waals surface area (Å²) < 4.78 is 0. The smallest absolute Gasteiger partial charge is 0.224 e. The summed E-state index contributed by atoms with van der Waals surface area (Å²) >= 11 is 1.83. The fraction of sp³-hybridized carbons (Fsp3) is 0.923. The minimum Gasteiger partial charge on any atom is -0.343 e. The van der Waals surface area contributed by atoms with Gasteiger partial charge in [0.2, 0.25) is 5.91 Å². The van der Waals surface area contributed by atoms with E-state index in [4.69, 9.17) is 5.73 Å². The molecule has 2 N–H and O–H groups in total. The van der Waals surface area contributed by atoms with Gasteiger partial charge in [-0.25, -0.2) is 0 Å². The molecule has 1 amide bonds. The summed E-state index contributed by atoms with van der Waals surface area (Å²) in [6, 6.07) is 0.319. The third-order valence-electron chi connectivity index (χ3n) is 3.90. The van der Waals surface area contributed by atoms with Crippen molar-refractivity contribution in [2.24, 2.45) is 5.73 Å². The van der Waals surface area contributed by atoms with Crippen molar-refractivity contribution in [1.29, 1.82) is 0 Å². The van der Waals surface area contributed by atoms with E-state index in [9.17, 15) is 4.79 Å². The van der Waals surface area contributed by atoms with Crippen molar-refractivity contribution < 1.29 is 4.79 Å². The lowest BCUT2D eigenvalue weighted by atomic mass is 9.94. The van der Waals surface area contributed by atoms with Crippen molar-refractivity contribution in [3.8, 4) is 0 Å². The number of carbonyl (C=O) groups is 1. The van der Waals surface area contributed by atoms with Gasteiger partial charge in [-0.15, -0.1) is 0 Å². The number of nitrogens with zero attached hydrogens (tertiary/aromatic N) is 1. The van der Waals surface area contributed by atoms with Crippen LogP contribution in [-0.2, 0) is 4.79 Å². The van der Waals surface area contributed by atoms with Crippen LogP contribution in [0.15, 0.2) is 0 Å². The molecule has 1 fully saturated rings. The molecule has 0 radical (unpaired) electrons. The third kappa shape index (κ3) is 4.51. The van der Waals surface area contributed by atoms with E-state index in [1.165, 1.54) is 12.8 Å². The normalized spacial score (nSPS) is 20.2. The van der Waals surface area contributed by atoms with E-state index in [0.717, 1.165) is 25.0 Å². The molecule has 3 nitrogen and oxygen atoms in total. The molecule has 17 heavy (non-hydrogen) atoms. The van der Waals surface area contributed by atoms with Crippen molar-refractivity contribution in [3.63, 3.8) is 0 Å². The van der Waals surface area contributed by atoms with Crippen LogP contribution in [-0.4, -0.2) is 41.4 Å². The summed E-state index contributed by atoms with van der Waals surface area (Å²) in [5.41, 5.74) is 6.03. The van der Waals surface area contributed by atoms with Crippen molar-refractivity contribution in [2.75, 3.05) is 19.1 Å². The minimum atomic E-state index is -0.218. The summed E-state index contributed by atoms with van der Waals surface area (Å²) in [6.45, 7) is 2.12. The zero-order chi connectivity index (χ0) is 12.9. The lowest BCUT2D eigenvalue weighted by Gasteiger charge is -2.30. The van der Waals surface area contributed by atoms with Gasteiger partial charge in [0.15, 0.2) is 0 Å². The molecule has 4 heteroatoms. The zero-order valence-electron chi connectivity index (χ0n) is 11.4. The lowest BCUT2D eigenvalue weighted by Crippen LogP contribution is -2.45. The van der Waals surface area contributed by atoms with E-state index < -0.39 is 0 Å². The second kappa shape index (κ2) is 6.64.